The van der Waals surface area contributed by atoms with Crippen LogP contribution in [0, 0.1) is 5.92 Å². The lowest BCUT2D eigenvalue weighted by molar-refractivity contribution is 0.0477. The molecule has 1 saturated heterocycles. The molecule has 1 aliphatic heterocycles. The highest BCUT2D eigenvalue weighted by Crippen LogP contribution is 2.23. The van der Waals surface area contributed by atoms with Crippen molar-refractivity contribution in [3.8, 4) is 0 Å². The monoisotopic (exact) mass is 171 g/mol. The van der Waals surface area contributed by atoms with Crippen molar-refractivity contribution in [1.82, 2.24) is 0 Å². The third-order valence-corrected chi connectivity index (χ3v) is 2.70. The molecule has 0 saturated carbocycles. The summed E-state index contributed by atoms with van der Waals surface area (Å²) in [5, 5.41) is 0. The van der Waals surface area contributed by atoms with Crippen LogP contribution in [0.4, 0.5) is 0 Å². The van der Waals surface area contributed by atoms with E-state index in [4.69, 9.17) is 10.5 Å². The second-order valence-corrected chi connectivity index (χ2v) is 4.06. The fourth-order valence-corrected chi connectivity index (χ4v) is 1.69. The van der Waals surface area contributed by atoms with Crippen LogP contribution in [-0.4, -0.2) is 18.8 Å². The summed E-state index contributed by atoms with van der Waals surface area (Å²) in [6, 6.07) is 0. The van der Waals surface area contributed by atoms with Crippen LogP contribution in [-0.2, 0) is 4.74 Å². The van der Waals surface area contributed by atoms with Crippen LogP contribution >= 0.6 is 0 Å². The van der Waals surface area contributed by atoms with Crippen molar-refractivity contribution in [2.75, 3.05) is 6.54 Å². The Labute approximate surface area is 75.5 Å². The van der Waals surface area contributed by atoms with Gasteiger partial charge in [-0.25, -0.2) is 0 Å². The molecule has 1 heterocycles. The maximum atomic E-state index is 5.72. The highest BCUT2D eigenvalue weighted by Gasteiger charge is 2.21. The van der Waals surface area contributed by atoms with Gasteiger partial charge in [-0.1, -0.05) is 6.92 Å². The molecule has 72 valence electrons. The van der Waals surface area contributed by atoms with E-state index in [0.29, 0.717) is 18.1 Å². The minimum atomic E-state index is 0.489. The van der Waals surface area contributed by atoms with Gasteiger partial charge < -0.3 is 10.5 Å². The van der Waals surface area contributed by atoms with Gasteiger partial charge in [-0.2, -0.15) is 0 Å². The van der Waals surface area contributed by atoms with Gasteiger partial charge in [0.15, 0.2) is 0 Å². The van der Waals surface area contributed by atoms with E-state index in [-0.39, 0.29) is 0 Å². The minimum Gasteiger partial charge on any atom is -0.375 e. The van der Waals surface area contributed by atoms with Gasteiger partial charge in [-0.3, -0.25) is 0 Å². The molecule has 2 N–H and O–H groups in total. The molecule has 3 unspecified atom stereocenters. The standard InChI is InChI=1S/C10H21NO/c1-8(7-11)3-5-10-6-4-9(2)12-10/h8-10H,3-7,11H2,1-2H3. The van der Waals surface area contributed by atoms with Crippen molar-refractivity contribution in [3.63, 3.8) is 0 Å². The average molecular weight is 171 g/mol. The van der Waals surface area contributed by atoms with Gasteiger partial charge in [0.25, 0.3) is 0 Å². The van der Waals surface area contributed by atoms with Crippen LogP contribution in [0.3, 0.4) is 0 Å². The zero-order chi connectivity index (χ0) is 8.97. The Morgan fingerprint density at radius 2 is 2.25 bits per heavy atom. The third kappa shape index (κ3) is 3.11. The van der Waals surface area contributed by atoms with E-state index in [2.05, 4.69) is 13.8 Å². The molecule has 0 aromatic carbocycles. The Balaban J connectivity index is 2.07. The Hall–Kier alpha value is -0.0800. The van der Waals surface area contributed by atoms with Crippen molar-refractivity contribution in [2.24, 2.45) is 11.7 Å². The summed E-state index contributed by atoms with van der Waals surface area (Å²) in [5.74, 6) is 0.657. The number of ether oxygens (including phenoxy) is 1. The van der Waals surface area contributed by atoms with Crippen molar-refractivity contribution in [3.05, 3.63) is 0 Å². The molecule has 2 heteroatoms. The molecule has 0 bridgehead atoms. The predicted octanol–water partition coefficient (Wildman–Crippen LogP) is 1.93. The second kappa shape index (κ2) is 4.83. The van der Waals surface area contributed by atoms with Crippen LogP contribution in [0.25, 0.3) is 0 Å². The predicted molar refractivity (Wildman–Crippen MR) is 51.0 cm³/mol. The number of rotatable bonds is 4. The normalized spacial score (nSPS) is 32.2. The summed E-state index contributed by atoms with van der Waals surface area (Å²) in [6.07, 6.45) is 5.91. The summed E-state index contributed by atoms with van der Waals surface area (Å²) in [7, 11) is 0. The van der Waals surface area contributed by atoms with Gasteiger partial charge in [0.2, 0.25) is 0 Å². The fraction of sp³-hybridized carbons (Fsp3) is 1.00. The van der Waals surface area contributed by atoms with Crippen molar-refractivity contribution in [2.45, 2.75) is 51.7 Å². The Morgan fingerprint density at radius 1 is 1.50 bits per heavy atom. The lowest BCUT2D eigenvalue weighted by Gasteiger charge is -2.13. The molecule has 0 spiro atoms. The number of hydrogen-bond donors (Lipinski definition) is 1. The van der Waals surface area contributed by atoms with E-state index in [1.54, 1.807) is 0 Å². The minimum absolute atomic E-state index is 0.489. The number of hydrogen-bond acceptors (Lipinski definition) is 2. The summed E-state index contributed by atoms with van der Waals surface area (Å²) in [5.41, 5.74) is 5.54. The second-order valence-electron chi connectivity index (χ2n) is 4.06. The molecular weight excluding hydrogens is 150 g/mol. The zero-order valence-electron chi connectivity index (χ0n) is 8.25. The highest BCUT2D eigenvalue weighted by molar-refractivity contribution is 4.71. The molecule has 2 nitrogen and oxygen atoms in total. The Kier molecular flexibility index (Phi) is 4.02. The van der Waals surface area contributed by atoms with Crippen LogP contribution in [0.2, 0.25) is 0 Å². The van der Waals surface area contributed by atoms with Crippen LogP contribution in [0.1, 0.15) is 39.5 Å². The molecule has 0 amide bonds. The smallest absolute Gasteiger partial charge is 0.0579 e. The van der Waals surface area contributed by atoms with E-state index in [9.17, 15) is 0 Å². The molecule has 1 fully saturated rings. The van der Waals surface area contributed by atoms with Gasteiger partial charge in [0.05, 0.1) is 12.2 Å². The summed E-state index contributed by atoms with van der Waals surface area (Å²) >= 11 is 0. The molecule has 12 heavy (non-hydrogen) atoms. The van der Waals surface area contributed by atoms with Crippen LogP contribution in [0.15, 0.2) is 0 Å². The Morgan fingerprint density at radius 3 is 2.75 bits per heavy atom. The van der Waals surface area contributed by atoms with E-state index < -0.39 is 0 Å². The lowest BCUT2D eigenvalue weighted by atomic mass is 10.0. The molecule has 0 aromatic rings. The van der Waals surface area contributed by atoms with Crippen molar-refractivity contribution in [1.29, 1.82) is 0 Å². The maximum Gasteiger partial charge on any atom is 0.0579 e. The van der Waals surface area contributed by atoms with Gasteiger partial charge >= 0.3 is 0 Å². The molecule has 3 atom stereocenters. The topological polar surface area (TPSA) is 35.2 Å². The SMILES string of the molecule is CC(CN)CCC1CCC(C)O1. The van der Waals surface area contributed by atoms with Crippen LogP contribution in [0.5, 0.6) is 0 Å². The molecule has 1 aliphatic rings. The molecule has 0 radical (unpaired) electrons. The van der Waals surface area contributed by atoms with Crippen molar-refractivity contribution < 1.29 is 4.74 Å². The third-order valence-electron chi connectivity index (χ3n) is 2.70. The molecule has 0 aliphatic carbocycles. The average Bonchev–Trinajstić information content (AvgIpc) is 2.47. The molecular formula is C10H21NO. The first kappa shape index (κ1) is 10.0. The largest absolute Gasteiger partial charge is 0.375 e. The van der Waals surface area contributed by atoms with E-state index >= 15 is 0 Å². The quantitative estimate of drug-likeness (QED) is 0.701. The van der Waals surface area contributed by atoms with E-state index in [1.807, 2.05) is 0 Å². The van der Waals surface area contributed by atoms with Gasteiger partial charge in [0, 0.05) is 0 Å². The first-order valence-corrected chi connectivity index (χ1v) is 5.08. The first-order valence-electron chi connectivity index (χ1n) is 5.08. The molecule has 1 rings (SSSR count). The van der Waals surface area contributed by atoms with E-state index in [0.717, 1.165) is 6.54 Å². The summed E-state index contributed by atoms with van der Waals surface area (Å²) in [6.45, 7) is 5.17. The van der Waals surface area contributed by atoms with Gasteiger partial charge in [-0.15, -0.1) is 0 Å². The summed E-state index contributed by atoms with van der Waals surface area (Å²) in [4.78, 5) is 0. The molecule has 0 aromatic heterocycles. The van der Waals surface area contributed by atoms with Gasteiger partial charge in [-0.05, 0) is 45.1 Å². The van der Waals surface area contributed by atoms with Gasteiger partial charge in [0.1, 0.15) is 0 Å². The zero-order valence-corrected chi connectivity index (χ0v) is 8.25. The number of nitrogens with two attached hydrogens (primary N) is 1. The van der Waals surface area contributed by atoms with Crippen molar-refractivity contribution >= 4 is 0 Å². The lowest BCUT2D eigenvalue weighted by Crippen LogP contribution is -2.14. The van der Waals surface area contributed by atoms with E-state index in [1.165, 1.54) is 25.7 Å². The summed E-state index contributed by atoms with van der Waals surface area (Å²) < 4.78 is 5.72. The first-order chi connectivity index (χ1) is 5.72. The Bertz CT molecular complexity index is 127. The fourth-order valence-electron chi connectivity index (χ4n) is 1.69. The maximum absolute atomic E-state index is 5.72. The highest BCUT2D eigenvalue weighted by atomic mass is 16.5. The van der Waals surface area contributed by atoms with Crippen LogP contribution < -0.4 is 5.73 Å².